The lowest BCUT2D eigenvalue weighted by Crippen LogP contribution is -2.36. The maximum Gasteiger partial charge on any atom is 0.0989 e. The van der Waals surface area contributed by atoms with Gasteiger partial charge in [-0.3, -0.25) is 0 Å². The number of rotatable bonds is 8. The molecule has 1 aliphatic heterocycles. The van der Waals surface area contributed by atoms with Crippen LogP contribution in [0.2, 0.25) is 0 Å². The van der Waals surface area contributed by atoms with Gasteiger partial charge in [0.25, 0.3) is 0 Å². The zero-order valence-corrected chi connectivity index (χ0v) is 10.8. The molecule has 0 aromatic heterocycles. The lowest BCUT2D eigenvalue weighted by molar-refractivity contribution is 0.0186. The topological polar surface area (TPSA) is 72.7 Å². The summed E-state index contributed by atoms with van der Waals surface area (Å²) in [5.41, 5.74) is 0. The van der Waals surface area contributed by atoms with E-state index >= 15 is 0 Å². The fourth-order valence-electron chi connectivity index (χ4n) is 2.51. The molecule has 0 unspecified atom stereocenters. The maximum absolute atomic E-state index is 9.78. The summed E-state index contributed by atoms with van der Waals surface area (Å²) >= 11 is 0. The molecule has 0 aliphatic carbocycles. The van der Waals surface area contributed by atoms with Crippen LogP contribution >= 0.6 is 0 Å². The van der Waals surface area contributed by atoms with Gasteiger partial charge in [0, 0.05) is 6.04 Å². The standard InChI is InChI=1S/C13H27NO3/c1-2-3-4-5-6-7-8-10-12(16)13(17)11(9-15)14-10/h10-17H,2-9H2,1H3/t10-,11+,12+,13+/m1/s1. The molecule has 1 saturated heterocycles. The van der Waals surface area contributed by atoms with Crippen molar-refractivity contribution in [2.75, 3.05) is 6.61 Å². The van der Waals surface area contributed by atoms with Crippen molar-refractivity contribution in [1.82, 2.24) is 5.32 Å². The van der Waals surface area contributed by atoms with E-state index in [4.69, 9.17) is 5.11 Å². The lowest BCUT2D eigenvalue weighted by Gasteiger charge is -2.15. The van der Waals surface area contributed by atoms with Crippen LogP contribution in [-0.2, 0) is 0 Å². The van der Waals surface area contributed by atoms with E-state index in [1.54, 1.807) is 0 Å². The lowest BCUT2D eigenvalue weighted by atomic mass is 10.0. The van der Waals surface area contributed by atoms with Gasteiger partial charge in [-0.2, -0.15) is 0 Å². The van der Waals surface area contributed by atoms with Gasteiger partial charge in [-0.1, -0.05) is 45.4 Å². The Hall–Kier alpha value is -0.160. The second-order valence-electron chi connectivity index (χ2n) is 5.10. The molecule has 1 rings (SSSR count). The van der Waals surface area contributed by atoms with Gasteiger partial charge in [0.05, 0.1) is 24.9 Å². The van der Waals surface area contributed by atoms with Crippen LogP contribution in [0.5, 0.6) is 0 Å². The largest absolute Gasteiger partial charge is 0.395 e. The number of hydrogen-bond acceptors (Lipinski definition) is 4. The van der Waals surface area contributed by atoms with Crippen LogP contribution < -0.4 is 5.32 Å². The van der Waals surface area contributed by atoms with E-state index in [-0.39, 0.29) is 18.7 Å². The highest BCUT2D eigenvalue weighted by atomic mass is 16.3. The number of hydrogen-bond donors (Lipinski definition) is 4. The molecule has 4 atom stereocenters. The van der Waals surface area contributed by atoms with E-state index in [2.05, 4.69) is 12.2 Å². The van der Waals surface area contributed by atoms with Gasteiger partial charge in [-0.25, -0.2) is 0 Å². The van der Waals surface area contributed by atoms with Crippen molar-refractivity contribution in [2.45, 2.75) is 76.2 Å². The highest BCUT2D eigenvalue weighted by Gasteiger charge is 2.39. The minimum absolute atomic E-state index is 0.0617. The van der Waals surface area contributed by atoms with E-state index in [0.717, 1.165) is 12.8 Å². The highest BCUT2D eigenvalue weighted by Crippen LogP contribution is 2.19. The molecule has 1 aliphatic rings. The van der Waals surface area contributed by atoms with Crippen LogP contribution in [0, 0.1) is 0 Å². The van der Waals surface area contributed by atoms with Crippen molar-refractivity contribution in [3.8, 4) is 0 Å². The van der Waals surface area contributed by atoms with Gasteiger partial charge in [0.15, 0.2) is 0 Å². The first-order valence-corrected chi connectivity index (χ1v) is 6.93. The Morgan fingerprint density at radius 1 is 0.882 bits per heavy atom. The van der Waals surface area contributed by atoms with Crippen molar-refractivity contribution < 1.29 is 15.3 Å². The molecule has 102 valence electrons. The Morgan fingerprint density at radius 3 is 2.06 bits per heavy atom. The summed E-state index contributed by atoms with van der Waals surface area (Å²) in [4.78, 5) is 0. The van der Waals surface area contributed by atoms with E-state index < -0.39 is 12.2 Å². The summed E-state index contributed by atoms with van der Waals surface area (Å²) in [6.45, 7) is 2.08. The predicted octanol–water partition coefficient (Wildman–Crippen LogP) is 0.791. The summed E-state index contributed by atoms with van der Waals surface area (Å²) in [5.74, 6) is 0. The zero-order chi connectivity index (χ0) is 12.7. The normalized spacial score (nSPS) is 33.2. The third-order valence-electron chi connectivity index (χ3n) is 3.67. The summed E-state index contributed by atoms with van der Waals surface area (Å²) < 4.78 is 0. The maximum atomic E-state index is 9.78. The average Bonchev–Trinajstić information content (AvgIpc) is 2.61. The van der Waals surface area contributed by atoms with Gasteiger partial charge in [-0.05, 0) is 6.42 Å². The monoisotopic (exact) mass is 245 g/mol. The first-order valence-electron chi connectivity index (χ1n) is 6.93. The average molecular weight is 245 g/mol. The van der Waals surface area contributed by atoms with Crippen molar-refractivity contribution >= 4 is 0 Å². The molecule has 0 amide bonds. The second kappa shape index (κ2) is 8.03. The Kier molecular flexibility index (Phi) is 7.04. The summed E-state index contributed by atoms with van der Waals surface area (Å²) in [6, 6.07) is -0.427. The molecule has 4 heteroatoms. The molecule has 0 aromatic rings. The summed E-state index contributed by atoms with van der Waals surface area (Å²) in [5, 5.41) is 31.5. The minimum atomic E-state index is -0.829. The van der Waals surface area contributed by atoms with E-state index in [9.17, 15) is 10.2 Å². The van der Waals surface area contributed by atoms with Gasteiger partial charge in [0.1, 0.15) is 0 Å². The van der Waals surface area contributed by atoms with Gasteiger partial charge < -0.3 is 20.6 Å². The van der Waals surface area contributed by atoms with Gasteiger partial charge >= 0.3 is 0 Å². The van der Waals surface area contributed by atoms with Gasteiger partial charge in [-0.15, -0.1) is 0 Å². The fourth-order valence-corrected chi connectivity index (χ4v) is 2.51. The quantitative estimate of drug-likeness (QED) is 0.477. The molecule has 1 fully saturated rings. The number of nitrogens with one attached hydrogen (secondary N) is 1. The second-order valence-corrected chi connectivity index (χ2v) is 5.10. The summed E-state index contributed by atoms with van der Waals surface area (Å²) in [7, 11) is 0. The van der Waals surface area contributed by atoms with E-state index in [1.165, 1.54) is 32.1 Å². The smallest absolute Gasteiger partial charge is 0.0989 e. The molecule has 0 saturated carbocycles. The SMILES string of the molecule is CCCCCCCC[C@H]1N[C@@H](CO)[C@H](O)[C@H]1O. The zero-order valence-electron chi connectivity index (χ0n) is 10.8. The van der Waals surface area contributed by atoms with Crippen molar-refractivity contribution in [3.05, 3.63) is 0 Å². The molecule has 0 aromatic carbocycles. The molecule has 0 radical (unpaired) electrons. The Morgan fingerprint density at radius 2 is 1.47 bits per heavy atom. The van der Waals surface area contributed by atoms with Crippen LogP contribution in [0.25, 0.3) is 0 Å². The van der Waals surface area contributed by atoms with Crippen molar-refractivity contribution in [3.63, 3.8) is 0 Å². The Balaban J connectivity index is 2.11. The van der Waals surface area contributed by atoms with Crippen molar-refractivity contribution in [1.29, 1.82) is 0 Å². The first kappa shape index (κ1) is 14.9. The first-order chi connectivity index (χ1) is 8.20. The fraction of sp³-hybridized carbons (Fsp3) is 1.00. The number of aliphatic hydroxyl groups excluding tert-OH is 3. The van der Waals surface area contributed by atoms with Crippen LogP contribution in [0.1, 0.15) is 51.9 Å². The number of aliphatic hydroxyl groups is 3. The third kappa shape index (κ3) is 4.54. The number of unbranched alkanes of at least 4 members (excludes halogenated alkanes) is 5. The van der Waals surface area contributed by atoms with E-state index in [1.807, 2.05) is 0 Å². The van der Waals surface area contributed by atoms with Gasteiger partial charge in [0.2, 0.25) is 0 Å². The van der Waals surface area contributed by atoms with Crippen molar-refractivity contribution in [2.24, 2.45) is 0 Å². The highest BCUT2D eigenvalue weighted by molar-refractivity contribution is 4.97. The molecule has 0 spiro atoms. The molecule has 0 bridgehead atoms. The Labute approximate surface area is 104 Å². The summed E-state index contributed by atoms with van der Waals surface area (Å²) in [6.07, 6.45) is 6.67. The minimum Gasteiger partial charge on any atom is -0.395 e. The molecule has 4 N–H and O–H groups in total. The third-order valence-corrected chi connectivity index (χ3v) is 3.67. The van der Waals surface area contributed by atoms with Crippen LogP contribution in [-0.4, -0.2) is 46.2 Å². The van der Waals surface area contributed by atoms with E-state index in [0.29, 0.717) is 0 Å². The van der Waals surface area contributed by atoms with Crippen LogP contribution in [0.15, 0.2) is 0 Å². The molecule has 4 nitrogen and oxygen atoms in total. The van der Waals surface area contributed by atoms with Crippen LogP contribution in [0.3, 0.4) is 0 Å². The Bertz CT molecular complexity index is 201. The van der Waals surface area contributed by atoms with Crippen LogP contribution in [0.4, 0.5) is 0 Å². The molecule has 17 heavy (non-hydrogen) atoms. The predicted molar refractivity (Wildman–Crippen MR) is 67.8 cm³/mol. The molecular weight excluding hydrogens is 218 g/mol. The molecule has 1 heterocycles. The molecular formula is C13H27NO3.